The Hall–Kier alpha value is -2.37. The summed E-state index contributed by atoms with van der Waals surface area (Å²) in [5.74, 6) is 1.71. The minimum atomic E-state index is -0.467. The van der Waals surface area contributed by atoms with Crippen molar-refractivity contribution in [2.45, 2.75) is 55.3 Å². The molecule has 5 nitrogen and oxygen atoms in total. The molecule has 1 saturated carbocycles. The topological polar surface area (TPSA) is 48.0 Å². The van der Waals surface area contributed by atoms with Crippen molar-refractivity contribution in [1.29, 1.82) is 0 Å². The van der Waals surface area contributed by atoms with Crippen molar-refractivity contribution < 1.29 is 19.0 Å². The molecule has 1 saturated heterocycles. The molecule has 0 radical (unpaired) electrons. The van der Waals surface area contributed by atoms with Crippen molar-refractivity contribution in [3.8, 4) is 11.5 Å². The second-order valence-electron chi connectivity index (χ2n) is 9.40. The van der Waals surface area contributed by atoms with Crippen LogP contribution in [0.4, 0.5) is 0 Å². The van der Waals surface area contributed by atoms with Gasteiger partial charge in [-0.15, -0.1) is 0 Å². The summed E-state index contributed by atoms with van der Waals surface area (Å²) in [6.07, 6.45) is 3.60. The fourth-order valence-corrected chi connectivity index (χ4v) is 7.14. The lowest BCUT2D eigenvalue weighted by atomic mass is 9.49. The van der Waals surface area contributed by atoms with Crippen LogP contribution >= 0.6 is 0 Å². The first-order valence-corrected chi connectivity index (χ1v) is 11.4. The van der Waals surface area contributed by atoms with Gasteiger partial charge in [-0.2, -0.15) is 0 Å². The number of Topliss-reactive ketones (excluding diaryl/α,β-unsaturated/α-hetero) is 1. The lowest BCUT2D eigenvalue weighted by molar-refractivity contribution is -0.201. The van der Waals surface area contributed by atoms with Crippen LogP contribution in [-0.2, 0) is 27.8 Å². The Morgan fingerprint density at radius 1 is 1.13 bits per heavy atom. The molecule has 2 fully saturated rings. The van der Waals surface area contributed by atoms with E-state index >= 15 is 0 Å². The second-order valence-corrected chi connectivity index (χ2v) is 9.40. The fraction of sp³-hybridized carbons (Fsp3) is 0.500. The Balaban J connectivity index is 1.46. The minimum absolute atomic E-state index is 0.204. The highest BCUT2D eigenvalue weighted by molar-refractivity contribution is 5.90. The van der Waals surface area contributed by atoms with Crippen LogP contribution < -0.4 is 9.47 Å². The Morgan fingerprint density at radius 3 is 2.74 bits per heavy atom. The maximum atomic E-state index is 13.1. The van der Waals surface area contributed by atoms with Gasteiger partial charge in [0.1, 0.15) is 0 Å². The van der Waals surface area contributed by atoms with Crippen LogP contribution in [0.5, 0.6) is 11.5 Å². The van der Waals surface area contributed by atoms with E-state index in [4.69, 9.17) is 14.2 Å². The van der Waals surface area contributed by atoms with Gasteiger partial charge in [-0.1, -0.05) is 36.4 Å². The molecule has 0 N–H and O–H groups in total. The zero-order chi connectivity index (χ0) is 21.2. The number of rotatable bonds is 5. The molecular weight excluding hydrogens is 390 g/mol. The molecule has 0 unspecified atom stereocenters. The zero-order valence-electron chi connectivity index (χ0n) is 18.2. The van der Waals surface area contributed by atoms with Gasteiger partial charge in [-0.3, -0.25) is 9.69 Å². The van der Waals surface area contributed by atoms with E-state index in [-0.39, 0.29) is 11.8 Å². The fourth-order valence-electron chi connectivity index (χ4n) is 7.14. The third kappa shape index (κ3) is 2.36. The van der Waals surface area contributed by atoms with Gasteiger partial charge in [0, 0.05) is 31.7 Å². The summed E-state index contributed by atoms with van der Waals surface area (Å²) in [6.45, 7) is 1.94. The predicted molar refractivity (Wildman–Crippen MR) is 117 cm³/mol. The number of carbonyl (C=O) groups is 1. The van der Waals surface area contributed by atoms with Crippen molar-refractivity contribution in [3.63, 3.8) is 0 Å². The molecule has 162 valence electrons. The number of benzene rings is 2. The SMILES string of the molecule is COc1ccc2c3c1O[C@H]1C(=O)CC[C@@]4(OC)[C@@H](C2)N(CCc2ccccc2)CC[C@]314. The summed E-state index contributed by atoms with van der Waals surface area (Å²) in [5.41, 5.74) is 3.01. The highest BCUT2D eigenvalue weighted by atomic mass is 16.5. The smallest absolute Gasteiger partial charge is 0.174 e. The first-order chi connectivity index (χ1) is 15.1. The molecule has 2 heterocycles. The van der Waals surface area contributed by atoms with Crippen molar-refractivity contribution in [2.75, 3.05) is 27.3 Å². The van der Waals surface area contributed by atoms with E-state index in [2.05, 4.69) is 41.3 Å². The van der Waals surface area contributed by atoms with Gasteiger partial charge in [0.25, 0.3) is 0 Å². The van der Waals surface area contributed by atoms with E-state index in [1.54, 1.807) is 7.11 Å². The average molecular weight is 420 g/mol. The molecular formula is C26H29NO4. The number of hydrogen-bond donors (Lipinski definition) is 0. The summed E-state index contributed by atoms with van der Waals surface area (Å²) < 4.78 is 18.6. The van der Waals surface area contributed by atoms with Crippen molar-refractivity contribution in [3.05, 3.63) is 59.2 Å². The minimum Gasteiger partial charge on any atom is -0.493 e. The first-order valence-electron chi connectivity index (χ1n) is 11.4. The molecule has 2 aliphatic carbocycles. The third-order valence-electron chi connectivity index (χ3n) is 8.43. The van der Waals surface area contributed by atoms with Crippen LogP contribution in [0.15, 0.2) is 42.5 Å². The van der Waals surface area contributed by atoms with E-state index < -0.39 is 17.1 Å². The maximum absolute atomic E-state index is 13.1. The highest BCUT2D eigenvalue weighted by Gasteiger charge is 2.73. The molecule has 5 heteroatoms. The van der Waals surface area contributed by atoms with Crippen molar-refractivity contribution in [2.24, 2.45) is 0 Å². The maximum Gasteiger partial charge on any atom is 0.174 e. The van der Waals surface area contributed by atoms with E-state index in [0.717, 1.165) is 50.3 Å². The Kier molecular flexibility index (Phi) is 4.25. The van der Waals surface area contributed by atoms with E-state index in [9.17, 15) is 4.79 Å². The van der Waals surface area contributed by atoms with Crippen LogP contribution in [0.2, 0.25) is 0 Å². The number of hydrogen-bond acceptors (Lipinski definition) is 5. The molecule has 0 amide bonds. The molecule has 31 heavy (non-hydrogen) atoms. The Bertz CT molecular complexity index is 1040. The molecule has 2 aromatic rings. The van der Waals surface area contributed by atoms with Crippen LogP contribution in [0.1, 0.15) is 36.0 Å². The van der Waals surface area contributed by atoms with Crippen LogP contribution in [0, 0.1) is 0 Å². The normalized spacial score (nSPS) is 33.0. The summed E-state index contributed by atoms with van der Waals surface area (Å²) in [6, 6.07) is 15.1. The van der Waals surface area contributed by atoms with E-state index in [1.165, 1.54) is 16.7 Å². The number of carbonyl (C=O) groups excluding carboxylic acids is 1. The number of piperidine rings is 1. The molecule has 2 aliphatic heterocycles. The van der Waals surface area contributed by atoms with Gasteiger partial charge in [0.15, 0.2) is 23.4 Å². The van der Waals surface area contributed by atoms with Gasteiger partial charge in [-0.25, -0.2) is 0 Å². The average Bonchev–Trinajstić information content (AvgIpc) is 3.16. The molecule has 4 atom stereocenters. The monoisotopic (exact) mass is 419 g/mol. The first kappa shape index (κ1) is 19.3. The van der Waals surface area contributed by atoms with Gasteiger partial charge >= 0.3 is 0 Å². The zero-order valence-corrected chi connectivity index (χ0v) is 18.2. The van der Waals surface area contributed by atoms with Crippen molar-refractivity contribution >= 4 is 5.78 Å². The summed E-state index contributed by atoms with van der Waals surface area (Å²) in [4.78, 5) is 15.7. The predicted octanol–water partition coefficient (Wildman–Crippen LogP) is 3.32. The summed E-state index contributed by atoms with van der Waals surface area (Å²) in [7, 11) is 3.51. The van der Waals surface area contributed by atoms with Crippen LogP contribution in [0.3, 0.4) is 0 Å². The number of ether oxygens (including phenoxy) is 3. The Labute approximate surface area is 183 Å². The number of methoxy groups -OCH3 is 2. The largest absolute Gasteiger partial charge is 0.493 e. The number of nitrogens with zero attached hydrogens (tertiary/aromatic N) is 1. The molecule has 2 aromatic carbocycles. The Morgan fingerprint density at radius 2 is 1.97 bits per heavy atom. The molecule has 2 bridgehead atoms. The lowest BCUT2D eigenvalue weighted by Gasteiger charge is -2.64. The van der Waals surface area contributed by atoms with Gasteiger partial charge in [0.2, 0.25) is 0 Å². The van der Waals surface area contributed by atoms with Crippen LogP contribution in [0.25, 0.3) is 0 Å². The van der Waals surface area contributed by atoms with E-state index in [1.807, 2.05) is 13.2 Å². The number of likely N-dealkylation sites (tertiary alicyclic amines) is 1. The lowest BCUT2D eigenvalue weighted by Crippen LogP contribution is -2.77. The molecule has 1 spiro atoms. The van der Waals surface area contributed by atoms with Gasteiger partial charge in [-0.05, 0) is 49.4 Å². The number of ketones is 1. The van der Waals surface area contributed by atoms with E-state index in [0.29, 0.717) is 6.42 Å². The highest BCUT2D eigenvalue weighted by Crippen LogP contribution is 2.65. The van der Waals surface area contributed by atoms with Gasteiger partial charge < -0.3 is 14.2 Å². The summed E-state index contributed by atoms with van der Waals surface area (Å²) in [5, 5.41) is 0. The standard InChI is InChI=1S/C26H29NO4/c1-29-20-9-8-18-16-21-26(30-2)12-10-19(28)24-25(26,22(18)23(20)31-24)13-15-27(21)14-11-17-6-4-3-5-7-17/h3-9,21,24H,10-16H2,1-2H3/t21-,24+,25+,26-/m1/s1. The summed E-state index contributed by atoms with van der Waals surface area (Å²) >= 11 is 0. The second kappa shape index (κ2) is 6.81. The van der Waals surface area contributed by atoms with Gasteiger partial charge in [0.05, 0.1) is 18.1 Å². The van der Waals surface area contributed by atoms with Crippen LogP contribution in [-0.4, -0.2) is 55.7 Å². The quantitative estimate of drug-likeness (QED) is 0.744. The molecule has 6 rings (SSSR count). The third-order valence-corrected chi connectivity index (χ3v) is 8.43. The molecule has 0 aromatic heterocycles. The van der Waals surface area contributed by atoms with Crippen molar-refractivity contribution in [1.82, 2.24) is 4.90 Å². The molecule has 4 aliphatic rings.